The Hall–Kier alpha value is -2.27. The molecule has 1 aromatic heterocycles. The van der Waals surface area contributed by atoms with Crippen LogP contribution in [0.3, 0.4) is 0 Å². The van der Waals surface area contributed by atoms with Gasteiger partial charge in [-0.2, -0.15) is 0 Å². The number of amidine groups is 1. The van der Waals surface area contributed by atoms with Crippen molar-refractivity contribution < 1.29 is 5.21 Å². The highest BCUT2D eigenvalue weighted by Gasteiger charge is 2.17. The second kappa shape index (κ2) is 6.45. The highest BCUT2D eigenvalue weighted by molar-refractivity contribution is 6.36. The summed E-state index contributed by atoms with van der Waals surface area (Å²) in [5.41, 5.74) is 8.23. The second-order valence-corrected chi connectivity index (χ2v) is 4.94. The maximum absolute atomic E-state index is 8.82. The zero-order chi connectivity index (χ0) is 15.4. The van der Waals surface area contributed by atoms with Crippen LogP contribution in [0.5, 0.6) is 0 Å². The number of nitrogens with two attached hydrogens (primary N) is 1. The molecule has 0 amide bonds. The molecule has 0 saturated heterocycles. The Kier molecular flexibility index (Phi) is 4.65. The van der Waals surface area contributed by atoms with E-state index < -0.39 is 0 Å². The molecule has 0 spiro atoms. The molecule has 3 N–H and O–H groups in total. The SMILES string of the molecule is CCN(c1cccc(C)c1)c1nccc(/C(N)=N/O)c1Cl. The van der Waals surface area contributed by atoms with Crippen molar-refractivity contribution in [2.45, 2.75) is 13.8 Å². The summed E-state index contributed by atoms with van der Waals surface area (Å²) in [6.07, 6.45) is 1.59. The highest BCUT2D eigenvalue weighted by atomic mass is 35.5. The molecular weight excluding hydrogens is 288 g/mol. The number of pyridine rings is 1. The van der Waals surface area contributed by atoms with Gasteiger partial charge in [0, 0.05) is 24.0 Å². The van der Waals surface area contributed by atoms with Crippen LogP contribution in [-0.2, 0) is 0 Å². The van der Waals surface area contributed by atoms with Crippen LogP contribution in [0.15, 0.2) is 41.7 Å². The van der Waals surface area contributed by atoms with E-state index in [-0.39, 0.29) is 5.84 Å². The molecule has 0 aliphatic heterocycles. The molecule has 6 heteroatoms. The summed E-state index contributed by atoms with van der Waals surface area (Å²) in [6.45, 7) is 4.73. The quantitative estimate of drug-likeness (QED) is 0.393. The number of hydrogen-bond donors (Lipinski definition) is 2. The highest BCUT2D eigenvalue weighted by Crippen LogP contribution is 2.32. The average molecular weight is 305 g/mol. The van der Waals surface area contributed by atoms with Crippen molar-refractivity contribution in [2.75, 3.05) is 11.4 Å². The maximum atomic E-state index is 8.82. The van der Waals surface area contributed by atoms with Gasteiger partial charge < -0.3 is 15.8 Å². The maximum Gasteiger partial charge on any atom is 0.171 e. The monoisotopic (exact) mass is 304 g/mol. The Morgan fingerprint density at radius 3 is 2.81 bits per heavy atom. The summed E-state index contributed by atoms with van der Waals surface area (Å²) >= 11 is 6.37. The number of benzene rings is 1. The molecule has 0 aliphatic carbocycles. The van der Waals surface area contributed by atoms with Gasteiger partial charge in [-0.15, -0.1) is 0 Å². The first kappa shape index (κ1) is 15.1. The first-order chi connectivity index (χ1) is 10.1. The number of halogens is 1. The van der Waals surface area contributed by atoms with Crippen LogP contribution in [0.25, 0.3) is 0 Å². The summed E-state index contributed by atoms with van der Waals surface area (Å²) in [5.74, 6) is 0.540. The number of nitrogens with zero attached hydrogens (tertiary/aromatic N) is 3. The summed E-state index contributed by atoms with van der Waals surface area (Å²) in [6, 6.07) is 9.67. The molecule has 0 saturated carbocycles. The minimum absolute atomic E-state index is 0.0380. The van der Waals surface area contributed by atoms with Gasteiger partial charge in [-0.25, -0.2) is 4.98 Å². The van der Waals surface area contributed by atoms with E-state index >= 15 is 0 Å². The third-order valence-corrected chi connectivity index (χ3v) is 3.51. The molecule has 2 rings (SSSR count). The van der Waals surface area contributed by atoms with Crippen LogP contribution < -0.4 is 10.6 Å². The average Bonchev–Trinajstić information content (AvgIpc) is 2.49. The topological polar surface area (TPSA) is 74.7 Å². The van der Waals surface area contributed by atoms with Crippen LogP contribution >= 0.6 is 11.6 Å². The van der Waals surface area contributed by atoms with Gasteiger partial charge in [-0.3, -0.25) is 0 Å². The minimum atomic E-state index is -0.0380. The molecule has 1 heterocycles. The van der Waals surface area contributed by atoms with Crippen molar-refractivity contribution in [1.29, 1.82) is 0 Å². The molecule has 0 unspecified atom stereocenters. The molecule has 0 aliphatic rings. The zero-order valence-electron chi connectivity index (χ0n) is 11.9. The van der Waals surface area contributed by atoms with Gasteiger partial charge in [0.1, 0.15) is 0 Å². The van der Waals surface area contributed by atoms with E-state index in [1.54, 1.807) is 12.3 Å². The Labute approximate surface area is 128 Å². The van der Waals surface area contributed by atoms with Crippen LogP contribution in [0.2, 0.25) is 5.02 Å². The van der Waals surface area contributed by atoms with E-state index in [1.807, 2.05) is 36.9 Å². The normalized spacial score (nSPS) is 11.5. The van der Waals surface area contributed by atoms with Gasteiger partial charge in [0.2, 0.25) is 0 Å². The molecule has 110 valence electrons. The molecule has 0 atom stereocenters. The van der Waals surface area contributed by atoms with E-state index in [1.165, 1.54) is 0 Å². The Morgan fingerprint density at radius 1 is 1.43 bits per heavy atom. The molecule has 0 bridgehead atoms. The van der Waals surface area contributed by atoms with Gasteiger partial charge in [0.25, 0.3) is 0 Å². The molecule has 1 aromatic carbocycles. The molecular formula is C15H17ClN4O. The van der Waals surface area contributed by atoms with E-state index in [9.17, 15) is 0 Å². The second-order valence-electron chi connectivity index (χ2n) is 4.56. The molecule has 2 aromatic rings. The lowest BCUT2D eigenvalue weighted by Gasteiger charge is -2.24. The number of anilines is 2. The van der Waals surface area contributed by atoms with Gasteiger partial charge in [0.15, 0.2) is 11.7 Å². The molecule has 0 radical (unpaired) electrons. The summed E-state index contributed by atoms with van der Waals surface area (Å²) in [4.78, 5) is 6.31. The number of rotatable bonds is 4. The summed E-state index contributed by atoms with van der Waals surface area (Å²) in [5, 5.41) is 12.2. The Morgan fingerprint density at radius 2 is 2.19 bits per heavy atom. The van der Waals surface area contributed by atoms with Crippen LogP contribution in [0.1, 0.15) is 18.1 Å². The first-order valence-corrected chi connectivity index (χ1v) is 6.92. The van der Waals surface area contributed by atoms with Crippen molar-refractivity contribution in [2.24, 2.45) is 10.9 Å². The van der Waals surface area contributed by atoms with Crippen molar-refractivity contribution in [1.82, 2.24) is 4.98 Å². The smallest absolute Gasteiger partial charge is 0.171 e. The largest absolute Gasteiger partial charge is 0.409 e. The molecule has 21 heavy (non-hydrogen) atoms. The minimum Gasteiger partial charge on any atom is -0.409 e. The molecule has 5 nitrogen and oxygen atoms in total. The first-order valence-electron chi connectivity index (χ1n) is 6.55. The van der Waals surface area contributed by atoms with Crippen LogP contribution in [-0.4, -0.2) is 22.6 Å². The number of aromatic nitrogens is 1. The van der Waals surface area contributed by atoms with E-state index in [0.717, 1.165) is 11.3 Å². The molecule has 0 fully saturated rings. The fourth-order valence-corrected chi connectivity index (χ4v) is 2.43. The zero-order valence-corrected chi connectivity index (χ0v) is 12.7. The van der Waals surface area contributed by atoms with Gasteiger partial charge in [0.05, 0.1) is 5.02 Å². The van der Waals surface area contributed by atoms with Gasteiger partial charge in [-0.1, -0.05) is 28.9 Å². The van der Waals surface area contributed by atoms with Crippen molar-refractivity contribution in [3.8, 4) is 0 Å². The Balaban J connectivity index is 2.53. The lowest BCUT2D eigenvalue weighted by molar-refractivity contribution is 0.318. The standard InChI is InChI=1S/C15H17ClN4O/c1-3-20(11-6-4-5-10(2)9-11)15-13(16)12(7-8-18-15)14(17)19-21/h4-9,21H,3H2,1-2H3,(H2,17,19). The third kappa shape index (κ3) is 3.08. The van der Waals surface area contributed by atoms with Crippen LogP contribution in [0.4, 0.5) is 11.5 Å². The van der Waals surface area contributed by atoms with Crippen LogP contribution in [0, 0.1) is 6.92 Å². The van der Waals surface area contributed by atoms with E-state index in [2.05, 4.69) is 16.2 Å². The van der Waals surface area contributed by atoms with Gasteiger partial charge in [-0.05, 0) is 37.6 Å². The lowest BCUT2D eigenvalue weighted by atomic mass is 10.2. The lowest BCUT2D eigenvalue weighted by Crippen LogP contribution is -2.20. The predicted octanol–water partition coefficient (Wildman–Crippen LogP) is 3.30. The summed E-state index contributed by atoms with van der Waals surface area (Å²) in [7, 11) is 0. The van der Waals surface area contributed by atoms with E-state index in [4.69, 9.17) is 22.5 Å². The van der Waals surface area contributed by atoms with Crippen molar-refractivity contribution >= 4 is 28.9 Å². The van der Waals surface area contributed by atoms with E-state index in [0.29, 0.717) is 22.9 Å². The number of oxime groups is 1. The predicted molar refractivity (Wildman–Crippen MR) is 85.6 cm³/mol. The number of aryl methyl sites for hydroxylation is 1. The third-order valence-electron chi connectivity index (χ3n) is 3.14. The fourth-order valence-electron chi connectivity index (χ4n) is 2.12. The number of hydrogen-bond acceptors (Lipinski definition) is 4. The van der Waals surface area contributed by atoms with Crippen molar-refractivity contribution in [3.05, 3.63) is 52.7 Å². The summed E-state index contributed by atoms with van der Waals surface area (Å²) < 4.78 is 0. The van der Waals surface area contributed by atoms with Crippen molar-refractivity contribution in [3.63, 3.8) is 0 Å². The van der Waals surface area contributed by atoms with Gasteiger partial charge >= 0.3 is 0 Å². The Bertz CT molecular complexity index is 672. The fraction of sp³-hybridized carbons (Fsp3) is 0.200.